The van der Waals surface area contributed by atoms with Crippen molar-refractivity contribution in [3.63, 3.8) is 0 Å². The molecule has 4 nitrogen and oxygen atoms in total. The van der Waals surface area contributed by atoms with Crippen LogP contribution >= 0.6 is 0 Å². The van der Waals surface area contributed by atoms with Gasteiger partial charge in [-0.15, -0.1) is 0 Å². The molecule has 0 aromatic carbocycles. The van der Waals surface area contributed by atoms with Crippen LogP contribution in [0.15, 0.2) is 0 Å². The van der Waals surface area contributed by atoms with Crippen LogP contribution in [0, 0.1) is 0 Å². The van der Waals surface area contributed by atoms with Crippen molar-refractivity contribution < 1.29 is 14.3 Å². The molecule has 0 amide bonds. The van der Waals surface area contributed by atoms with Crippen LogP contribution in [0.1, 0.15) is 40.0 Å². The summed E-state index contributed by atoms with van der Waals surface area (Å²) in [6, 6.07) is 0. The normalized spacial score (nSPS) is 24.8. The van der Waals surface area contributed by atoms with Crippen molar-refractivity contribution in [1.29, 1.82) is 0 Å². The Morgan fingerprint density at radius 3 is 2.88 bits per heavy atom. The molecule has 1 heterocycles. The highest BCUT2D eigenvalue weighted by Crippen LogP contribution is 2.25. The summed E-state index contributed by atoms with van der Waals surface area (Å²) in [5, 5.41) is 3.29. The molecule has 1 rings (SSSR count). The summed E-state index contributed by atoms with van der Waals surface area (Å²) >= 11 is 0. The molecule has 1 aliphatic rings. The van der Waals surface area contributed by atoms with Gasteiger partial charge in [0.15, 0.2) is 0 Å². The summed E-state index contributed by atoms with van der Waals surface area (Å²) in [6.07, 6.45) is 2.81. The van der Waals surface area contributed by atoms with Crippen LogP contribution in [0.3, 0.4) is 0 Å². The Hall–Kier alpha value is -0.610. The van der Waals surface area contributed by atoms with E-state index in [0.717, 1.165) is 39.0 Å². The fourth-order valence-electron chi connectivity index (χ4n) is 2.30. The third kappa shape index (κ3) is 4.49. The zero-order valence-electron chi connectivity index (χ0n) is 10.5. The van der Waals surface area contributed by atoms with E-state index < -0.39 is 0 Å². The number of carbonyl (C=O) groups is 1. The van der Waals surface area contributed by atoms with Gasteiger partial charge in [0.05, 0.1) is 12.7 Å². The van der Waals surface area contributed by atoms with Crippen molar-refractivity contribution in [2.75, 3.05) is 19.7 Å². The first-order valence-electron chi connectivity index (χ1n) is 6.07. The predicted octanol–water partition coefficient (Wildman–Crippen LogP) is 1.49. The first-order chi connectivity index (χ1) is 7.56. The van der Waals surface area contributed by atoms with E-state index in [1.165, 1.54) is 6.92 Å². The predicted molar refractivity (Wildman–Crippen MR) is 62.3 cm³/mol. The molecule has 0 radical (unpaired) electrons. The molecule has 2 atom stereocenters. The Kier molecular flexibility index (Phi) is 5.22. The summed E-state index contributed by atoms with van der Waals surface area (Å²) in [4.78, 5) is 11.1. The van der Waals surface area contributed by atoms with Crippen LogP contribution in [-0.4, -0.2) is 37.4 Å². The van der Waals surface area contributed by atoms with Gasteiger partial charge < -0.3 is 14.8 Å². The van der Waals surface area contributed by atoms with E-state index in [1.54, 1.807) is 0 Å². The topological polar surface area (TPSA) is 47.6 Å². The largest absolute Gasteiger partial charge is 0.459 e. The second-order valence-electron chi connectivity index (χ2n) is 4.69. The Morgan fingerprint density at radius 2 is 2.38 bits per heavy atom. The number of rotatable bonds is 5. The summed E-state index contributed by atoms with van der Waals surface area (Å²) in [6.45, 7) is 8.06. The highest BCUT2D eigenvalue weighted by molar-refractivity contribution is 5.66. The van der Waals surface area contributed by atoms with Crippen LogP contribution < -0.4 is 5.32 Å². The van der Waals surface area contributed by atoms with Crippen LogP contribution in [0.5, 0.6) is 0 Å². The molecule has 1 N–H and O–H groups in total. The van der Waals surface area contributed by atoms with Gasteiger partial charge in [-0.1, -0.05) is 13.3 Å². The van der Waals surface area contributed by atoms with Crippen LogP contribution in [0.2, 0.25) is 0 Å². The molecule has 16 heavy (non-hydrogen) atoms. The summed E-state index contributed by atoms with van der Waals surface area (Å²) < 4.78 is 11.1. The van der Waals surface area contributed by atoms with E-state index >= 15 is 0 Å². The molecular weight excluding hydrogens is 206 g/mol. The minimum atomic E-state index is -0.385. The lowest BCUT2D eigenvalue weighted by Gasteiger charge is -2.34. The van der Waals surface area contributed by atoms with Gasteiger partial charge in [-0.05, 0) is 13.3 Å². The molecule has 94 valence electrons. The van der Waals surface area contributed by atoms with Crippen molar-refractivity contribution in [3.05, 3.63) is 0 Å². The molecule has 1 aliphatic heterocycles. The second kappa shape index (κ2) is 6.21. The van der Waals surface area contributed by atoms with E-state index in [4.69, 9.17) is 9.47 Å². The van der Waals surface area contributed by atoms with Crippen molar-refractivity contribution in [2.45, 2.75) is 51.7 Å². The lowest BCUT2D eigenvalue weighted by atomic mass is 9.92. The standard InChI is InChI=1S/C12H23NO3/c1-4-5-12(3,16-10(2)14)8-11-9-13-6-7-15-11/h11,13H,4-9H2,1-3H3. The quantitative estimate of drug-likeness (QED) is 0.726. The van der Waals surface area contributed by atoms with Crippen LogP contribution in [0.4, 0.5) is 0 Å². The number of ether oxygens (including phenoxy) is 2. The molecule has 0 aliphatic carbocycles. The number of hydrogen-bond acceptors (Lipinski definition) is 4. The smallest absolute Gasteiger partial charge is 0.303 e. The van der Waals surface area contributed by atoms with Crippen molar-refractivity contribution >= 4 is 5.97 Å². The first-order valence-corrected chi connectivity index (χ1v) is 6.07. The molecule has 2 unspecified atom stereocenters. The van der Waals surface area contributed by atoms with E-state index in [1.807, 2.05) is 6.92 Å². The van der Waals surface area contributed by atoms with E-state index in [9.17, 15) is 4.79 Å². The lowest BCUT2D eigenvalue weighted by Crippen LogP contribution is -2.44. The van der Waals surface area contributed by atoms with Gasteiger partial charge in [-0.2, -0.15) is 0 Å². The minimum Gasteiger partial charge on any atom is -0.459 e. The van der Waals surface area contributed by atoms with Gasteiger partial charge in [0, 0.05) is 26.4 Å². The molecule has 1 fully saturated rings. The van der Waals surface area contributed by atoms with Gasteiger partial charge in [0.1, 0.15) is 5.60 Å². The van der Waals surface area contributed by atoms with Gasteiger partial charge in [-0.25, -0.2) is 0 Å². The average Bonchev–Trinajstić information content (AvgIpc) is 2.17. The maximum atomic E-state index is 11.1. The van der Waals surface area contributed by atoms with Gasteiger partial charge in [0.2, 0.25) is 0 Å². The molecule has 0 aromatic rings. The SMILES string of the molecule is CCCC(C)(CC1CNCCO1)OC(C)=O. The van der Waals surface area contributed by atoms with Crippen molar-refractivity contribution in [1.82, 2.24) is 5.32 Å². The molecule has 4 heteroatoms. The van der Waals surface area contributed by atoms with E-state index in [0.29, 0.717) is 0 Å². The zero-order valence-corrected chi connectivity index (χ0v) is 10.5. The fourth-order valence-corrected chi connectivity index (χ4v) is 2.30. The third-order valence-corrected chi connectivity index (χ3v) is 2.83. The van der Waals surface area contributed by atoms with Gasteiger partial charge in [-0.3, -0.25) is 4.79 Å². The molecule has 1 saturated heterocycles. The zero-order chi connectivity index (χ0) is 12.0. The van der Waals surface area contributed by atoms with E-state index in [-0.39, 0.29) is 17.7 Å². The highest BCUT2D eigenvalue weighted by atomic mass is 16.6. The Labute approximate surface area is 97.7 Å². The first kappa shape index (κ1) is 13.5. The fraction of sp³-hybridized carbons (Fsp3) is 0.917. The third-order valence-electron chi connectivity index (χ3n) is 2.83. The average molecular weight is 229 g/mol. The Bertz CT molecular complexity index is 226. The molecule has 0 spiro atoms. The summed E-state index contributed by atoms with van der Waals surface area (Å²) in [5.41, 5.74) is -0.385. The molecule has 0 bridgehead atoms. The number of hydrogen-bond donors (Lipinski definition) is 1. The molecular formula is C12H23NO3. The maximum absolute atomic E-state index is 11.1. The number of esters is 1. The van der Waals surface area contributed by atoms with Crippen molar-refractivity contribution in [2.24, 2.45) is 0 Å². The van der Waals surface area contributed by atoms with Gasteiger partial charge in [0.25, 0.3) is 0 Å². The van der Waals surface area contributed by atoms with Crippen LogP contribution in [0.25, 0.3) is 0 Å². The molecule has 0 aromatic heterocycles. The maximum Gasteiger partial charge on any atom is 0.303 e. The Balaban J connectivity index is 2.50. The Morgan fingerprint density at radius 1 is 1.62 bits per heavy atom. The highest BCUT2D eigenvalue weighted by Gasteiger charge is 2.31. The van der Waals surface area contributed by atoms with Crippen molar-refractivity contribution in [3.8, 4) is 0 Å². The second-order valence-corrected chi connectivity index (χ2v) is 4.69. The minimum absolute atomic E-state index is 0.157. The summed E-state index contributed by atoms with van der Waals surface area (Å²) in [7, 11) is 0. The van der Waals surface area contributed by atoms with E-state index in [2.05, 4.69) is 12.2 Å². The molecule has 0 saturated carbocycles. The summed E-state index contributed by atoms with van der Waals surface area (Å²) in [5.74, 6) is -0.209. The van der Waals surface area contributed by atoms with Crippen LogP contribution in [-0.2, 0) is 14.3 Å². The lowest BCUT2D eigenvalue weighted by molar-refractivity contribution is -0.160. The van der Waals surface area contributed by atoms with Gasteiger partial charge >= 0.3 is 5.97 Å². The number of morpholine rings is 1. The number of nitrogens with one attached hydrogen (secondary N) is 1. The monoisotopic (exact) mass is 229 g/mol. The number of carbonyl (C=O) groups excluding carboxylic acids is 1.